The Bertz CT molecular complexity index is 223. The van der Waals surface area contributed by atoms with Gasteiger partial charge in [-0.05, 0) is 0 Å². The summed E-state index contributed by atoms with van der Waals surface area (Å²) in [6.07, 6.45) is 0. The van der Waals surface area contributed by atoms with Gasteiger partial charge in [-0.3, -0.25) is 0 Å². The van der Waals surface area contributed by atoms with Crippen LogP contribution in [0.4, 0.5) is 0 Å². The van der Waals surface area contributed by atoms with Crippen LogP contribution in [0.5, 0.6) is 0 Å². The number of hydrogen-bond donors (Lipinski definition) is 3. The second-order valence-electron chi connectivity index (χ2n) is 0.949. The van der Waals surface area contributed by atoms with Gasteiger partial charge in [-0.2, -0.15) is 0 Å². The van der Waals surface area contributed by atoms with Gasteiger partial charge in [0.1, 0.15) is 0 Å². The van der Waals surface area contributed by atoms with E-state index in [9.17, 15) is 18.7 Å². The minimum absolute atomic E-state index is 0. The van der Waals surface area contributed by atoms with Crippen molar-refractivity contribution in [2.45, 2.75) is 0 Å². The maximum Gasteiger partial charge on any atom is -0.369 e. The SMILES string of the molecule is O=[As]([O-])([O-])[O][W](=[O])(=[O])[OH].[NH4+].[NH4+]. The summed E-state index contributed by atoms with van der Waals surface area (Å²) < 4.78 is 57.9. The van der Waals surface area contributed by atoms with Crippen molar-refractivity contribution in [3.63, 3.8) is 0 Å². The summed E-state index contributed by atoms with van der Waals surface area (Å²) in [5, 5.41) is 0. The zero-order valence-corrected chi connectivity index (χ0v) is 10.6. The van der Waals surface area contributed by atoms with Crippen LogP contribution in [0.2, 0.25) is 0 Å². The third-order valence-electron chi connectivity index (χ3n) is 0.185. The molecule has 0 amide bonds. The minimum Gasteiger partial charge on any atom is -0.369 e. The van der Waals surface area contributed by atoms with Gasteiger partial charge in [0, 0.05) is 0 Å². The molecule has 0 bridgehead atoms. The van der Waals surface area contributed by atoms with E-state index in [0.717, 1.165) is 0 Å². The summed E-state index contributed by atoms with van der Waals surface area (Å²) in [5.74, 6) is 0. The number of rotatable bonds is 2. The number of hydrogen-bond acceptors (Lipinski definition) is 6. The molecule has 11 heavy (non-hydrogen) atoms. The van der Waals surface area contributed by atoms with Gasteiger partial charge in [0.2, 0.25) is 0 Å². The molecule has 0 saturated carbocycles. The Morgan fingerprint density at radius 2 is 1.55 bits per heavy atom. The first kappa shape index (κ1) is 17.5. The van der Waals surface area contributed by atoms with E-state index in [-0.39, 0.29) is 12.3 Å². The van der Waals surface area contributed by atoms with Gasteiger partial charge in [-0.25, -0.2) is 0 Å². The Kier molecular flexibility index (Phi) is 8.14. The van der Waals surface area contributed by atoms with Gasteiger partial charge in [-0.1, -0.05) is 0 Å². The average Bonchev–Trinajstić information content (AvgIpc) is 1.14. The predicted molar refractivity (Wildman–Crippen MR) is 23.1 cm³/mol. The molecule has 0 rings (SSSR count). The Morgan fingerprint density at radius 1 is 1.27 bits per heavy atom. The van der Waals surface area contributed by atoms with Crippen molar-refractivity contribution in [2.24, 2.45) is 0 Å². The molecule has 0 fully saturated rings. The fourth-order valence-corrected chi connectivity index (χ4v) is 4.91. The molecule has 0 aromatic heterocycles. The maximum atomic E-state index is 9.55. The van der Waals surface area contributed by atoms with Crippen LogP contribution in [-0.2, 0) is 29.7 Å². The molecule has 0 aliphatic rings. The van der Waals surface area contributed by atoms with E-state index in [1.54, 1.807) is 0 Å². The second kappa shape index (κ2) is 5.12. The van der Waals surface area contributed by atoms with Crippen LogP contribution in [0.15, 0.2) is 0 Å². The molecule has 0 aromatic rings. The smallest absolute Gasteiger partial charge is 0.369 e. The van der Waals surface area contributed by atoms with E-state index in [2.05, 4.69) is 2.38 Å². The summed E-state index contributed by atoms with van der Waals surface area (Å²) in [4.78, 5) is 0. The van der Waals surface area contributed by atoms with Crippen LogP contribution >= 0.6 is 0 Å². The van der Waals surface area contributed by atoms with Gasteiger partial charge in [0.15, 0.2) is 0 Å². The standard InChI is InChI=1S/AsH3O4.2H3N.H2O.2O.W/c2-1(3,4)5;;;;;;/h(H3,2,3,4,5);2*1H3;1H2;;;/q;;;;;;+2/p-2. The molecular formula is H9AsN2O7W. The first-order valence-corrected chi connectivity index (χ1v) is 9.38. The van der Waals surface area contributed by atoms with Crippen LogP contribution in [0.1, 0.15) is 0 Å². The van der Waals surface area contributed by atoms with Crippen LogP contribution in [0.25, 0.3) is 0 Å². The van der Waals surface area contributed by atoms with E-state index < -0.39 is 31.3 Å². The predicted octanol–water partition coefficient (Wildman–Crippen LogP) is -2.99. The van der Waals surface area contributed by atoms with Gasteiger partial charge in [0.05, 0.1) is 0 Å². The Morgan fingerprint density at radius 3 is 1.55 bits per heavy atom. The van der Waals surface area contributed by atoms with Crippen molar-refractivity contribution in [3.8, 4) is 0 Å². The van der Waals surface area contributed by atoms with Crippen molar-refractivity contribution in [3.05, 3.63) is 0 Å². The van der Waals surface area contributed by atoms with E-state index >= 15 is 0 Å². The third-order valence-corrected chi connectivity index (χ3v) is 7.89. The molecule has 0 aromatic carbocycles. The molecule has 9 nitrogen and oxygen atoms in total. The molecule has 0 heterocycles. The average molecular weight is 408 g/mol. The van der Waals surface area contributed by atoms with Gasteiger partial charge in [-0.15, -0.1) is 0 Å². The molecule has 0 radical (unpaired) electrons. The van der Waals surface area contributed by atoms with E-state index in [1.165, 1.54) is 0 Å². The van der Waals surface area contributed by atoms with Crippen LogP contribution in [0.3, 0.4) is 0 Å². The van der Waals surface area contributed by atoms with E-state index in [4.69, 9.17) is 3.76 Å². The first-order chi connectivity index (χ1) is 3.71. The van der Waals surface area contributed by atoms with Crippen molar-refractivity contribution >= 4 is 14.5 Å². The first-order valence-electron chi connectivity index (χ1n) is 1.41. The van der Waals surface area contributed by atoms with Gasteiger partial charge in [0.25, 0.3) is 0 Å². The van der Waals surface area contributed by atoms with Crippen molar-refractivity contribution in [1.29, 1.82) is 0 Å². The number of quaternary nitrogens is 2. The monoisotopic (exact) mass is 408 g/mol. The topological polar surface area (TPSA) is 200 Å². The van der Waals surface area contributed by atoms with Crippen LogP contribution < -0.4 is 20.5 Å². The molecule has 11 heteroatoms. The van der Waals surface area contributed by atoms with Crippen LogP contribution in [-0.4, -0.2) is 18.3 Å². The molecule has 0 aliphatic carbocycles. The minimum atomic E-state index is -6.29. The quantitative estimate of drug-likeness (QED) is 0.405. The summed E-state index contributed by atoms with van der Waals surface area (Å²) >= 11 is -12.4. The summed E-state index contributed by atoms with van der Waals surface area (Å²) in [5.41, 5.74) is 0. The van der Waals surface area contributed by atoms with Crippen LogP contribution in [0, 0.1) is 0 Å². The van der Waals surface area contributed by atoms with Gasteiger partial charge < -0.3 is 12.3 Å². The van der Waals surface area contributed by atoms with Crippen molar-refractivity contribution in [1.82, 2.24) is 12.3 Å². The fraction of sp³-hybridized carbons (Fsp3) is 0. The molecule has 0 unspecified atom stereocenters. The molecule has 0 aliphatic heterocycles. The molecular weight excluding hydrogens is 399 g/mol. The summed E-state index contributed by atoms with van der Waals surface area (Å²) in [6.45, 7) is 0. The normalized spacial score (nSPS) is 11.2. The maximum absolute atomic E-state index is 9.55. The van der Waals surface area contributed by atoms with Gasteiger partial charge >= 0.3 is 56.1 Å². The fourth-order valence-electron chi connectivity index (χ4n) is 0.115. The third kappa shape index (κ3) is 17.9. The van der Waals surface area contributed by atoms with Crippen molar-refractivity contribution < 1.29 is 41.6 Å². The zero-order valence-electron chi connectivity index (χ0n) is 5.75. The Labute approximate surface area is 68.6 Å². The Balaban J connectivity index is -0.000000320. The zero-order chi connectivity index (χ0) is 7.71. The summed E-state index contributed by atoms with van der Waals surface area (Å²) in [6, 6.07) is 0. The molecule has 0 spiro atoms. The molecule has 72 valence electrons. The van der Waals surface area contributed by atoms with E-state index in [0.29, 0.717) is 0 Å². The summed E-state index contributed by atoms with van der Waals surface area (Å²) in [7, 11) is 0. The molecule has 0 saturated heterocycles. The largest absolute Gasteiger partial charge is 0.369 e. The van der Waals surface area contributed by atoms with E-state index in [1.807, 2.05) is 0 Å². The molecule has 9 N–H and O–H groups in total. The van der Waals surface area contributed by atoms with Crippen molar-refractivity contribution in [2.75, 3.05) is 0 Å². The Hall–Kier alpha value is 0.407. The molecule has 0 atom stereocenters. The second-order valence-corrected chi connectivity index (χ2v) is 9.00.